The second-order valence-corrected chi connectivity index (χ2v) is 4.05. The van der Waals surface area contributed by atoms with Gasteiger partial charge in [-0.25, -0.2) is 0 Å². The fraction of sp³-hybridized carbons (Fsp3) is 0.636. The van der Waals surface area contributed by atoms with Crippen LogP contribution in [0.4, 0.5) is 11.8 Å². The summed E-state index contributed by atoms with van der Waals surface area (Å²) in [7, 11) is 1.56. The average molecular weight is 224 g/mol. The van der Waals surface area contributed by atoms with Crippen molar-refractivity contribution < 1.29 is 4.74 Å². The van der Waals surface area contributed by atoms with Crippen molar-refractivity contribution in [3.63, 3.8) is 0 Å². The Bertz CT molecular complexity index is 350. The Labute approximate surface area is 96.4 Å². The van der Waals surface area contributed by atoms with Crippen molar-refractivity contribution in [2.75, 3.05) is 18.2 Å². The fourth-order valence-electron chi connectivity index (χ4n) is 1.35. The lowest BCUT2D eigenvalue weighted by Crippen LogP contribution is -2.33. The highest BCUT2D eigenvalue weighted by molar-refractivity contribution is 5.44. The topological polar surface area (TPSA) is 73.1 Å². The van der Waals surface area contributed by atoms with Crippen LogP contribution in [0, 0.1) is 0 Å². The van der Waals surface area contributed by atoms with Gasteiger partial charge in [-0.15, -0.1) is 0 Å². The Balaban J connectivity index is 2.92. The third-order valence-corrected chi connectivity index (χ3v) is 2.92. The third kappa shape index (κ3) is 2.98. The number of hydrogen-bond donors (Lipinski definition) is 2. The summed E-state index contributed by atoms with van der Waals surface area (Å²) in [6.07, 6.45) is 2.02. The predicted molar refractivity (Wildman–Crippen MR) is 65.6 cm³/mol. The Morgan fingerprint density at radius 1 is 1.38 bits per heavy atom. The number of nitrogens with one attached hydrogen (secondary N) is 1. The molecule has 5 heteroatoms. The summed E-state index contributed by atoms with van der Waals surface area (Å²) in [5.41, 5.74) is 5.61. The van der Waals surface area contributed by atoms with E-state index in [1.54, 1.807) is 13.2 Å². The molecule has 5 nitrogen and oxygen atoms in total. The van der Waals surface area contributed by atoms with Crippen LogP contribution < -0.4 is 15.8 Å². The quantitative estimate of drug-likeness (QED) is 0.800. The van der Waals surface area contributed by atoms with E-state index in [2.05, 4.69) is 36.1 Å². The van der Waals surface area contributed by atoms with E-state index in [0.717, 1.165) is 12.8 Å². The minimum Gasteiger partial charge on any atom is -0.481 e. The maximum Gasteiger partial charge on any atom is 0.225 e. The molecule has 0 aliphatic rings. The molecular formula is C11H20N4O. The van der Waals surface area contributed by atoms with Gasteiger partial charge in [-0.3, -0.25) is 0 Å². The van der Waals surface area contributed by atoms with Crippen LogP contribution in [0.15, 0.2) is 6.07 Å². The van der Waals surface area contributed by atoms with E-state index < -0.39 is 0 Å². The number of nitrogens with two attached hydrogens (primary N) is 1. The summed E-state index contributed by atoms with van der Waals surface area (Å²) in [5.74, 6) is 1.40. The molecule has 90 valence electrons. The van der Waals surface area contributed by atoms with Crippen molar-refractivity contribution in [1.29, 1.82) is 0 Å². The molecule has 1 aromatic heterocycles. The Kier molecular flexibility index (Phi) is 3.93. The van der Waals surface area contributed by atoms with Gasteiger partial charge >= 0.3 is 0 Å². The first-order valence-corrected chi connectivity index (χ1v) is 5.49. The highest BCUT2D eigenvalue weighted by Crippen LogP contribution is 2.22. The Morgan fingerprint density at radius 3 is 2.50 bits per heavy atom. The highest BCUT2D eigenvalue weighted by atomic mass is 16.5. The average Bonchev–Trinajstić information content (AvgIpc) is 2.28. The van der Waals surface area contributed by atoms with Gasteiger partial charge in [0.15, 0.2) is 0 Å². The monoisotopic (exact) mass is 224 g/mol. The van der Waals surface area contributed by atoms with E-state index in [4.69, 9.17) is 10.5 Å². The van der Waals surface area contributed by atoms with Crippen molar-refractivity contribution in [2.45, 2.75) is 39.2 Å². The number of nitrogens with zero attached hydrogens (tertiary/aromatic N) is 2. The molecule has 1 rings (SSSR count). The van der Waals surface area contributed by atoms with E-state index in [9.17, 15) is 0 Å². The molecule has 1 aromatic rings. The largest absolute Gasteiger partial charge is 0.481 e. The van der Waals surface area contributed by atoms with Crippen molar-refractivity contribution in [3.8, 4) is 5.88 Å². The maximum absolute atomic E-state index is 5.59. The number of ether oxygens (including phenoxy) is 1. The van der Waals surface area contributed by atoms with Crippen molar-refractivity contribution in [1.82, 2.24) is 9.97 Å². The van der Waals surface area contributed by atoms with Crippen LogP contribution in [0.3, 0.4) is 0 Å². The summed E-state index contributed by atoms with van der Waals surface area (Å²) < 4.78 is 5.05. The number of nitrogen functional groups attached to an aromatic ring is 1. The molecule has 0 saturated heterocycles. The Morgan fingerprint density at radius 2 is 2.00 bits per heavy atom. The zero-order valence-electron chi connectivity index (χ0n) is 10.4. The van der Waals surface area contributed by atoms with E-state index >= 15 is 0 Å². The molecule has 0 fully saturated rings. The summed E-state index contributed by atoms with van der Waals surface area (Å²) in [5, 5.41) is 3.36. The van der Waals surface area contributed by atoms with Gasteiger partial charge in [-0.05, 0) is 19.8 Å². The van der Waals surface area contributed by atoms with Gasteiger partial charge in [-0.2, -0.15) is 9.97 Å². The molecule has 0 spiro atoms. The standard InChI is InChI=1S/C11H20N4O/c1-5-11(3,6-2)15-8-7-9(16-4)14-10(12)13-8/h7H,5-6H2,1-4H3,(H3,12,13,14,15). The fourth-order valence-corrected chi connectivity index (χ4v) is 1.35. The van der Waals surface area contributed by atoms with Crippen LogP contribution in [0.5, 0.6) is 5.88 Å². The maximum atomic E-state index is 5.59. The van der Waals surface area contributed by atoms with Gasteiger partial charge in [0.05, 0.1) is 7.11 Å². The molecule has 3 N–H and O–H groups in total. The lowest BCUT2D eigenvalue weighted by atomic mass is 9.96. The van der Waals surface area contributed by atoms with Crippen LogP contribution >= 0.6 is 0 Å². The molecule has 0 bridgehead atoms. The van der Waals surface area contributed by atoms with Gasteiger partial charge in [0.1, 0.15) is 5.82 Å². The van der Waals surface area contributed by atoms with E-state index in [-0.39, 0.29) is 11.5 Å². The van der Waals surface area contributed by atoms with Crippen molar-refractivity contribution >= 4 is 11.8 Å². The molecule has 0 unspecified atom stereocenters. The van der Waals surface area contributed by atoms with Crippen molar-refractivity contribution in [3.05, 3.63) is 6.07 Å². The first-order valence-electron chi connectivity index (χ1n) is 5.49. The van der Waals surface area contributed by atoms with E-state index in [1.165, 1.54) is 0 Å². The summed E-state index contributed by atoms with van der Waals surface area (Å²) in [4.78, 5) is 8.08. The van der Waals surface area contributed by atoms with Crippen molar-refractivity contribution in [2.24, 2.45) is 0 Å². The van der Waals surface area contributed by atoms with Gasteiger partial charge < -0.3 is 15.8 Å². The highest BCUT2D eigenvalue weighted by Gasteiger charge is 2.20. The smallest absolute Gasteiger partial charge is 0.225 e. The second kappa shape index (κ2) is 5.01. The number of aromatic nitrogens is 2. The normalized spacial score (nSPS) is 11.2. The minimum atomic E-state index is 0.0196. The number of anilines is 2. The molecule has 0 aliphatic heterocycles. The molecule has 0 aliphatic carbocycles. The third-order valence-electron chi connectivity index (χ3n) is 2.92. The molecule has 0 amide bonds. The first-order chi connectivity index (χ1) is 7.53. The van der Waals surface area contributed by atoms with Crippen LogP contribution in [-0.4, -0.2) is 22.6 Å². The molecule has 0 radical (unpaired) electrons. The summed E-state index contributed by atoms with van der Waals surface area (Å²) >= 11 is 0. The van der Waals surface area contributed by atoms with Gasteiger partial charge in [-0.1, -0.05) is 13.8 Å². The molecule has 0 aromatic carbocycles. The molecular weight excluding hydrogens is 204 g/mol. The van der Waals surface area contributed by atoms with Crippen LogP contribution in [-0.2, 0) is 0 Å². The molecule has 1 heterocycles. The van der Waals surface area contributed by atoms with E-state index in [1.807, 2.05) is 0 Å². The van der Waals surface area contributed by atoms with Gasteiger partial charge in [0.2, 0.25) is 11.8 Å². The van der Waals surface area contributed by atoms with Crippen LogP contribution in [0.1, 0.15) is 33.6 Å². The summed E-state index contributed by atoms with van der Waals surface area (Å²) in [6, 6.07) is 1.75. The number of hydrogen-bond acceptors (Lipinski definition) is 5. The lowest BCUT2D eigenvalue weighted by Gasteiger charge is -2.28. The first kappa shape index (κ1) is 12.5. The van der Waals surface area contributed by atoms with Gasteiger partial charge in [0.25, 0.3) is 0 Å². The molecule has 0 atom stereocenters. The van der Waals surface area contributed by atoms with E-state index in [0.29, 0.717) is 11.7 Å². The molecule has 0 saturated carbocycles. The Hall–Kier alpha value is -1.52. The molecule has 16 heavy (non-hydrogen) atoms. The van der Waals surface area contributed by atoms with Crippen LogP contribution in [0.25, 0.3) is 0 Å². The lowest BCUT2D eigenvalue weighted by molar-refractivity contribution is 0.397. The zero-order valence-corrected chi connectivity index (χ0v) is 10.4. The SMILES string of the molecule is CCC(C)(CC)Nc1cc(OC)nc(N)n1. The predicted octanol–water partition coefficient (Wildman–Crippen LogP) is 2.06. The number of methoxy groups -OCH3 is 1. The minimum absolute atomic E-state index is 0.0196. The zero-order chi connectivity index (χ0) is 12.2. The van der Waals surface area contributed by atoms with Crippen LogP contribution in [0.2, 0.25) is 0 Å². The second-order valence-electron chi connectivity index (χ2n) is 4.05. The summed E-state index contributed by atoms with van der Waals surface area (Å²) in [6.45, 7) is 6.42. The van der Waals surface area contributed by atoms with Gasteiger partial charge in [0, 0.05) is 11.6 Å². The number of rotatable bonds is 5.